The Morgan fingerprint density at radius 3 is 2.33 bits per heavy atom. The summed E-state index contributed by atoms with van der Waals surface area (Å²) in [6.07, 6.45) is 0. The normalized spacial score (nSPS) is 11.0. The zero-order valence-electron chi connectivity index (χ0n) is 11.4. The van der Waals surface area contributed by atoms with Crippen LogP contribution in [0.3, 0.4) is 0 Å². The number of hydrogen-bond acceptors (Lipinski definition) is 4. The minimum absolute atomic E-state index is 0.411. The first kappa shape index (κ1) is 14.3. The summed E-state index contributed by atoms with van der Waals surface area (Å²) in [5.41, 5.74) is -0.856. The van der Waals surface area contributed by atoms with Crippen molar-refractivity contribution >= 4 is 11.6 Å². The Hall–Kier alpha value is -1.75. The molecule has 0 heterocycles. The van der Waals surface area contributed by atoms with Gasteiger partial charge in [-0.1, -0.05) is 0 Å². The fourth-order valence-electron chi connectivity index (χ4n) is 1.58. The van der Waals surface area contributed by atoms with Gasteiger partial charge in [-0.2, -0.15) is 0 Å². The molecule has 0 aliphatic heterocycles. The van der Waals surface area contributed by atoms with Crippen molar-refractivity contribution in [3.63, 3.8) is 0 Å². The summed E-state index contributed by atoms with van der Waals surface area (Å²) < 4.78 is 10.3. The topological polar surface area (TPSA) is 59.0 Å². The van der Waals surface area contributed by atoms with Crippen molar-refractivity contribution in [3.8, 4) is 11.5 Å². The molecule has 18 heavy (non-hydrogen) atoms. The molecule has 1 aromatic carbocycles. The third-order valence-corrected chi connectivity index (χ3v) is 2.58. The highest BCUT2D eigenvalue weighted by Gasteiger charge is 2.29. The second-order valence-corrected chi connectivity index (χ2v) is 4.46. The fraction of sp³-hybridized carbons (Fsp3) is 0.462. The summed E-state index contributed by atoms with van der Waals surface area (Å²) in [6.45, 7) is 2.89. The van der Waals surface area contributed by atoms with E-state index < -0.39 is 11.5 Å². The molecule has 0 aromatic heterocycles. The summed E-state index contributed by atoms with van der Waals surface area (Å²) >= 11 is 0. The molecule has 1 N–H and O–H groups in total. The summed E-state index contributed by atoms with van der Waals surface area (Å²) in [4.78, 5) is 13.3. The van der Waals surface area contributed by atoms with E-state index in [0.717, 1.165) is 0 Å². The predicted molar refractivity (Wildman–Crippen MR) is 69.3 cm³/mol. The van der Waals surface area contributed by atoms with E-state index in [1.807, 2.05) is 0 Å². The number of rotatable bonds is 4. The highest BCUT2D eigenvalue weighted by molar-refractivity contribution is 5.99. The molecule has 0 unspecified atom stereocenters. The lowest BCUT2D eigenvalue weighted by molar-refractivity contribution is -0.133. The molecular formula is C13H19NO4. The van der Waals surface area contributed by atoms with Gasteiger partial charge in [-0.3, -0.25) is 4.79 Å². The quantitative estimate of drug-likeness (QED) is 0.882. The average Bonchev–Trinajstić information content (AvgIpc) is 2.35. The van der Waals surface area contributed by atoms with Gasteiger partial charge in [-0.15, -0.1) is 0 Å². The van der Waals surface area contributed by atoms with E-state index in [0.29, 0.717) is 17.2 Å². The summed E-state index contributed by atoms with van der Waals surface area (Å²) in [7, 11) is 4.66. The van der Waals surface area contributed by atoms with Crippen LogP contribution in [-0.2, 0) is 4.79 Å². The number of nitrogens with zero attached hydrogens (tertiary/aromatic N) is 1. The average molecular weight is 253 g/mol. The van der Waals surface area contributed by atoms with Crippen LogP contribution in [0.15, 0.2) is 18.2 Å². The van der Waals surface area contributed by atoms with Crippen LogP contribution < -0.4 is 14.4 Å². The van der Waals surface area contributed by atoms with E-state index in [4.69, 9.17) is 9.47 Å². The van der Waals surface area contributed by atoms with E-state index in [-0.39, 0.29) is 0 Å². The van der Waals surface area contributed by atoms with Gasteiger partial charge >= 0.3 is 0 Å². The zero-order chi connectivity index (χ0) is 13.9. The van der Waals surface area contributed by atoms with Crippen molar-refractivity contribution in [3.05, 3.63) is 18.2 Å². The second-order valence-electron chi connectivity index (χ2n) is 4.46. The number of methoxy groups -OCH3 is 2. The number of ether oxygens (including phenoxy) is 2. The largest absolute Gasteiger partial charge is 0.497 e. The lowest BCUT2D eigenvalue weighted by Gasteiger charge is -2.26. The van der Waals surface area contributed by atoms with Gasteiger partial charge in [0.1, 0.15) is 17.1 Å². The fourth-order valence-corrected chi connectivity index (χ4v) is 1.58. The van der Waals surface area contributed by atoms with Gasteiger partial charge in [0.25, 0.3) is 5.91 Å². The van der Waals surface area contributed by atoms with Crippen molar-refractivity contribution in [2.24, 2.45) is 0 Å². The van der Waals surface area contributed by atoms with E-state index in [1.165, 1.54) is 25.9 Å². The van der Waals surface area contributed by atoms with Gasteiger partial charge in [0.2, 0.25) is 0 Å². The third-order valence-electron chi connectivity index (χ3n) is 2.58. The van der Waals surface area contributed by atoms with Gasteiger partial charge in [0, 0.05) is 13.1 Å². The van der Waals surface area contributed by atoms with Gasteiger partial charge < -0.3 is 19.5 Å². The predicted octanol–water partition coefficient (Wildman–Crippen LogP) is 1.44. The monoisotopic (exact) mass is 253 g/mol. The van der Waals surface area contributed by atoms with Crippen molar-refractivity contribution in [1.82, 2.24) is 0 Å². The Morgan fingerprint density at radius 1 is 1.28 bits per heavy atom. The molecule has 0 bridgehead atoms. The van der Waals surface area contributed by atoms with Crippen LogP contribution in [0, 0.1) is 0 Å². The van der Waals surface area contributed by atoms with Crippen molar-refractivity contribution in [2.75, 3.05) is 26.2 Å². The minimum Gasteiger partial charge on any atom is -0.497 e. The Balaban J connectivity index is 3.13. The van der Waals surface area contributed by atoms with E-state index in [1.54, 1.807) is 32.4 Å². The van der Waals surface area contributed by atoms with Crippen LogP contribution in [0.2, 0.25) is 0 Å². The third kappa shape index (κ3) is 2.92. The maximum Gasteiger partial charge on any atom is 0.258 e. The zero-order valence-corrected chi connectivity index (χ0v) is 11.4. The Bertz CT molecular complexity index is 437. The Morgan fingerprint density at radius 2 is 1.89 bits per heavy atom. The first-order valence-electron chi connectivity index (χ1n) is 5.53. The van der Waals surface area contributed by atoms with Crippen LogP contribution in [0.25, 0.3) is 0 Å². The first-order valence-corrected chi connectivity index (χ1v) is 5.53. The Labute approximate surface area is 107 Å². The molecule has 0 spiro atoms. The molecule has 0 fully saturated rings. The van der Waals surface area contributed by atoms with E-state index in [9.17, 15) is 9.90 Å². The van der Waals surface area contributed by atoms with Crippen molar-refractivity contribution in [1.29, 1.82) is 0 Å². The van der Waals surface area contributed by atoms with Gasteiger partial charge in [0.15, 0.2) is 0 Å². The van der Waals surface area contributed by atoms with Crippen molar-refractivity contribution < 1.29 is 19.4 Å². The van der Waals surface area contributed by atoms with Crippen LogP contribution in [0.1, 0.15) is 13.8 Å². The molecule has 0 atom stereocenters. The number of benzene rings is 1. The van der Waals surface area contributed by atoms with E-state index >= 15 is 0 Å². The lowest BCUT2D eigenvalue weighted by atomic mass is 10.1. The molecular weight excluding hydrogens is 234 g/mol. The van der Waals surface area contributed by atoms with Crippen molar-refractivity contribution in [2.45, 2.75) is 19.4 Å². The number of amides is 1. The maximum atomic E-state index is 12.0. The van der Waals surface area contributed by atoms with Gasteiger partial charge in [-0.25, -0.2) is 0 Å². The molecule has 0 radical (unpaired) electrons. The van der Waals surface area contributed by atoms with Crippen LogP contribution in [0.5, 0.6) is 11.5 Å². The summed E-state index contributed by atoms with van der Waals surface area (Å²) in [5, 5.41) is 9.73. The van der Waals surface area contributed by atoms with Crippen LogP contribution >= 0.6 is 0 Å². The number of carbonyl (C=O) groups is 1. The molecule has 100 valence electrons. The molecule has 1 aromatic rings. The Kier molecular flexibility index (Phi) is 4.19. The summed E-state index contributed by atoms with van der Waals surface area (Å²) in [6, 6.07) is 5.12. The number of anilines is 1. The molecule has 5 heteroatoms. The number of carbonyl (C=O) groups excluding carboxylic acids is 1. The smallest absolute Gasteiger partial charge is 0.258 e. The summed E-state index contributed by atoms with van der Waals surface area (Å²) in [5.74, 6) is 0.736. The molecule has 0 aliphatic carbocycles. The number of hydrogen-bond donors (Lipinski definition) is 1. The molecule has 5 nitrogen and oxygen atoms in total. The first-order chi connectivity index (χ1) is 8.31. The molecule has 0 saturated heterocycles. The molecule has 1 rings (SSSR count). The van der Waals surface area contributed by atoms with E-state index in [2.05, 4.69) is 0 Å². The minimum atomic E-state index is -1.43. The highest BCUT2D eigenvalue weighted by Crippen LogP contribution is 2.32. The lowest BCUT2D eigenvalue weighted by Crippen LogP contribution is -2.43. The van der Waals surface area contributed by atoms with Gasteiger partial charge in [0.05, 0.1) is 19.9 Å². The van der Waals surface area contributed by atoms with Crippen LogP contribution in [-0.4, -0.2) is 37.9 Å². The number of likely N-dealkylation sites (N-methyl/N-ethyl adjacent to an activating group) is 1. The van der Waals surface area contributed by atoms with Crippen LogP contribution in [0.4, 0.5) is 5.69 Å². The van der Waals surface area contributed by atoms with Gasteiger partial charge in [-0.05, 0) is 26.0 Å². The highest BCUT2D eigenvalue weighted by atomic mass is 16.5. The standard InChI is InChI=1S/C13H19NO4/c1-13(2,16)12(15)14(3)10-7-6-9(17-4)8-11(10)18-5/h6-8,16H,1-5H3. The molecule has 0 saturated carbocycles. The SMILES string of the molecule is COc1ccc(N(C)C(=O)C(C)(C)O)c(OC)c1. The number of aliphatic hydroxyl groups is 1. The molecule has 0 aliphatic rings. The maximum absolute atomic E-state index is 12.0. The second kappa shape index (κ2) is 5.27. The molecule has 1 amide bonds.